The molecule has 0 fully saturated rings. The van der Waals surface area contributed by atoms with Gasteiger partial charge in [0.1, 0.15) is 0 Å². The molecule has 0 saturated heterocycles. The van der Waals surface area contributed by atoms with E-state index in [1.165, 1.54) is 0 Å². The van der Waals surface area contributed by atoms with Crippen molar-refractivity contribution >= 4 is 5.97 Å². The zero-order chi connectivity index (χ0) is 11.0. The molecule has 4 heteroatoms. The monoisotopic (exact) mass is 202 g/mol. The second-order valence-corrected chi connectivity index (χ2v) is 3.80. The lowest BCUT2D eigenvalue weighted by atomic mass is 10.1. The first kappa shape index (κ1) is 13.4. The van der Waals surface area contributed by atoms with Gasteiger partial charge in [0.25, 0.3) is 0 Å². The number of aliphatic carboxylic acids is 1. The number of hydrogen-bond acceptors (Lipinski definition) is 3. The lowest BCUT2D eigenvalue weighted by molar-refractivity contribution is -0.141. The van der Waals surface area contributed by atoms with E-state index in [1.54, 1.807) is 0 Å². The van der Waals surface area contributed by atoms with Crippen LogP contribution in [0.15, 0.2) is 0 Å². The number of rotatable bonds is 8. The van der Waals surface area contributed by atoms with Crippen LogP contribution in [0.1, 0.15) is 19.8 Å². The topological polar surface area (TPSA) is 52.6 Å². The maximum absolute atomic E-state index is 10.7. The van der Waals surface area contributed by atoms with Crippen LogP contribution in [0.3, 0.4) is 0 Å². The summed E-state index contributed by atoms with van der Waals surface area (Å²) in [5, 5.41) is 11.9. The first-order valence-electron chi connectivity index (χ1n) is 5.16. The Balaban J connectivity index is 3.38. The summed E-state index contributed by atoms with van der Waals surface area (Å²) in [5.41, 5.74) is 0. The highest BCUT2D eigenvalue weighted by atomic mass is 16.4. The summed E-state index contributed by atoms with van der Waals surface area (Å²) in [6.45, 7) is 4.42. The van der Waals surface area contributed by atoms with Crippen LogP contribution in [0.4, 0.5) is 0 Å². The van der Waals surface area contributed by atoms with Gasteiger partial charge < -0.3 is 15.3 Å². The van der Waals surface area contributed by atoms with Crippen molar-refractivity contribution in [1.82, 2.24) is 10.2 Å². The number of carboxylic acid groups (broad SMARTS) is 1. The van der Waals surface area contributed by atoms with Crippen LogP contribution < -0.4 is 5.32 Å². The van der Waals surface area contributed by atoms with Crippen LogP contribution in [0.5, 0.6) is 0 Å². The molecule has 0 heterocycles. The highest BCUT2D eigenvalue weighted by Crippen LogP contribution is 1.99. The Morgan fingerprint density at radius 3 is 2.57 bits per heavy atom. The van der Waals surface area contributed by atoms with Crippen molar-refractivity contribution < 1.29 is 9.90 Å². The Morgan fingerprint density at radius 1 is 1.50 bits per heavy atom. The normalized spacial score (nSPS) is 13.1. The second kappa shape index (κ2) is 7.76. The van der Waals surface area contributed by atoms with Gasteiger partial charge in [0.05, 0.1) is 5.92 Å². The molecule has 0 radical (unpaired) electrons. The molecule has 0 saturated carbocycles. The van der Waals surface area contributed by atoms with Gasteiger partial charge in [-0.1, -0.05) is 6.92 Å². The van der Waals surface area contributed by atoms with E-state index < -0.39 is 5.97 Å². The fraction of sp³-hybridized carbons (Fsp3) is 0.900. The van der Waals surface area contributed by atoms with Gasteiger partial charge in [-0.15, -0.1) is 0 Å². The molecule has 0 aliphatic carbocycles. The largest absolute Gasteiger partial charge is 0.481 e. The zero-order valence-corrected chi connectivity index (χ0v) is 9.42. The Labute approximate surface area is 86.3 Å². The summed E-state index contributed by atoms with van der Waals surface area (Å²) in [4.78, 5) is 12.8. The molecule has 1 atom stereocenters. The highest BCUT2D eigenvalue weighted by Gasteiger charge is 2.13. The van der Waals surface area contributed by atoms with E-state index in [0.717, 1.165) is 19.5 Å². The van der Waals surface area contributed by atoms with E-state index in [4.69, 9.17) is 5.11 Å². The maximum atomic E-state index is 10.7. The van der Waals surface area contributed by atoms with E-state index in [9.17, 15) is 4.79 Å². The lowest BCUT2D eigenvalue weighted by Crippen LogP contribution is -2.30. The van der Waals surface area contributed by atoms with Gasteiger partial charge in [-0.2, -0.15) is 0 Å². The van der Waals surface area contributed by atoms with Crippen LogP contribution in [0.25, 0.3) is 0 Å². The molecule has 84 valence electrons. The van der Waals surface area contributed by atoms with Gasteiger partial charge in [-0.3, -0.25) is 4.79 Å². The molecule has 0 aromatic heterocycles. The predicted molar refractivity (Wildman–Crippen MR) is 57.5 cm³/mol. The smallest absolute Gasteiger partial charge is 0.307 e. The fourth-order valence-electron chi connectivity index (χ4n) is 1.20. The predicted octanol–water partition coefficient (Wildman–Crippen LogP) is 0.639. The summed E-state index contributed by atoms with van der Waals surface area (Å²) >= 11 is 0. The van der Waals surface area contributed by atoms with Crippen molar-refractivity contribution in [3.63, 3.8) is 0 Å². The molecule has 0 spiro atoms. The lowest BCUT2D eigenvalue weighted by Gasteiger charge is -2.12. The van der Waals surface area contributed by atoms with Gasteiger partial charge in [0.2, 0.25) is 0 Å². The molecule has 1 unspecified atom stereocenters. The van der Waals surface area contributed by atoms with Crippen molar-refractivity contribution in [2.24, 2.45) is 5.92 Å². The van der Waals surface area contributed by atoms with Crippen LogP contribution in [0.2, 0.25) is 0 Å². The zero-order valence-electron chi connectivity index (χ0n) is 9.42. The third kappa shape index (κ3) is 6.86. The quantitative estimate of drug-likeness (QED) is 0.567. The Morgan fingerprint density at radius 2 is 2.14 bits per heavy atom. The van der Waals surface area contributed by atoms with Gasteiger partial charge in [-0.25, -0.2) is 0 Å². The average molecular weight is 202 g/mol. The molecule has 0 aromatic rings. The summed E-state index contributed by atoms with van der Waals surface area (Å²) in [5.74, 6) is -0.943. The summed E-state index contributed by atoms with van der Waals surface area (Å²) in [7, 11) is 4.07. The number of nitrogens with one attached hydrogen (secondary N) is 1. The Kier molecular flexibility index (Phi) is 7.42. The minimum Gasteiger partial charge on any atom is -0.481 e. The third-order valence-corrected chi connectivity index (χ3v) is 2.19. The van der Waals surface area contributed by atoms with Crippen LogP contribution in [-0.4, -0.2) is 49.7 Å². The molecule has 0 aliphatic rings. The minimum absolute atomic E-state index is 0.241. The van der Waals surface area contributed by atoms with Crippen LogP contribution >= 0.6 is 0 Å². The Bertz CT molecular complexity index is 160. The van der Waals surface area contributed by atoms with Crippen molar-refractivity contribution in [3.8, 4) is 0 Å². The number of nitrogens with zero attached hydrogens (tertiary/aromatic N) is 1. The maximum Gasteiger partial charge on any atom is 0.307 e. The van der Waals surface area contributed by atoms with Gasteiger partial charge in [-0.05, 0) is 40.0 Å². The number of carbonyl (C=O) groups is 1. The molecule has 2 N–H and O–H groups in total. The molecular formula is C10H22N2O2. The molecule has 0 rings (SSSR count). The van der Waals surface area contributed by atoms with Gasteiger partial charge >= 0.3 is 5.97 Å². The van der Waals surface area contributed by atoms with E-state index in [-0.39, 0.29) is 5.92 Å². The van der Waals surface area contributed by atoms with E-state index in [0.29, 0.717) is 13.0 Å². The molecule has 0 aliphatic heterocycles. The number of carboxylic acids is 1. The van der Waals surface area contributed by atoms with Crippen molar-refractivity contribution in [2.75, 3.05) is 33.7 Å². The van der Waals surface area contributed by atoms with Crippen molar-refractivity contribution in [1.29, 1.82) is 0 Å². The van der Waals surface area contributed by atoms with Crippen LogP contribution in [-0.2, 0) is 4.79 Å². The van der Waals surface area contributed by atoms with Crippen LogP contribution in [0, 0.1) is 5.92 Å². The van der Waals surface area contributed by atoms with Crippen molar-refractivity contribution in [3.05, 3.63) is 0 Å². The molecule has 4 nitrogen and oxygen atoms in total. The second-order valence-electron chi connectivity index (χ2n) is 3.80. The SMILES string of the molecule is CCC(CNCCCN(C)C)C(=O)O. The minimum atomic E-state index is -0.701. The Hall–Kier alpha value is -0.610. The first-order valence-corrected chi connectivity index (χ1v) is 5.16. The summed E-state index contributed by atoms with van der Waals surface area (Å²) in [6.07, 6.45) is 1.75. The van der Waals surface area contributed by atoms with E-state index >= 15 is 0 Å². The standard InChI is InChI=1S/C10H22N2O2/c1-4-9(10(13)14)8-11-6-5-7-12(2)3/h9,11H,4-8H2,1-3H3,(H,13,14). The fourth-order valence-corrected chi connectivity index (χ4v) is 1.20. The molecule has 14 heavy (non-hydrogen) atoms. The molecule has 0 amide bonds. The summed E-state index contributed by atoms with van der Waals surface area (Å²) < 4.78 is 0. The van der Waals surface area contributed by atoms with E-state index in [2.05, 4.69) is 10.2 Å². The molecule has 0 aromatic carbocycles. The molecule has 0 bridgehead atoms. The third-order valence-electron chi connectivity index (χ3n) is 2.19. The highest BCUT2D eigenvalue weighted by molar-refractivity contribution is 5.70. The van der Waals surface area contributed by atoms with E-state index in [1.807, 2.05) is 21.0 Å². The summed E-state index contributed by atoms with van der Waals surface area (Å²) in [6, 6.07) is 0. The first-order chi connectivity index (χ1) is 6.57. The average Bonchev–Trinajstić information content (AvgIpc) is 2.10. The number of hydrogen-bond donors (Lipinski definition) is 2. The molecular weight excluding hydrogens is 180 g/mol. The van der Waals surface area contributed by atoms with Gasteiger partial charge in [0.15, 0.2) is 0 Å². The van der Waals surface area contributed by atoms with Gasteiger partial charge in [0, 0.05) is 6.54 Å². The van der Waals surface area contributed by atoms with Crippen molar-refractivity contribution in [2.45, 2.75) is 19.8 Å².